The highest BCUT2D eigenvalue weighted by Gasteiger charge is 2.26. The Hall–Kier alpha value is 0.0300. The topological polar surface area (TPSA) is 66.0 Å². The standard InChI is InChI=1S/C29H62NO5P/c1-8-9-10-11-12-13-14-15-16-17-18-19-20-21-22-30-36(31,33-7)27-35-26-29(4,5)25-34-24-28(2,3)23-32-6/h8-27H2,1-7H3,(H,30,31). The van der Waals surface area contributed by atoms with E-state index >= 15 is 0 Å². The summed E-state index contributed by atoms with van der Waals surface area (Å²) in [6.45, 7) is 13.7. The second kappa shape index (κ2) is 21.9. The zero-order valence-corrected chi connectivity index (χ0v) is 26.0. The maximum atomic E-state index is 12.9. The van der Waals surface area contributed by atoms with E-state index in [0.717, 1.165) is 6.42 Å². The third kappa shape index (κ3) is 22.1. The Kier molecular flexibility index (Phi) is 21.9. The first-order valence-electron chi connectivity index (χ1n) is 14.6. The Bertz CT molecular complexity index is 542. The first-order valence-corrected chi connectivity index (χ1v) is 16.4. The number of hydrogen-bond acceptors (Lipinski definition) is 5. The maximum absolute atomic E-state index is 12.9. The Morgan fingerprint density at radius 3 is 1.47 bits per heavy atom. The molecule has 218 valence electrons. The van der Waals surface area contributed by atoms with Crippen LogP contribution in [0, 0.1) is 10.8 Å². The number of rotatable bonds is 27. The number of unbranched alkanes of at least 4 members (excludes halogenated alkanes) is 13. The first kappa shape index (κ1) is 36.0. The van der Waals surface area contributed by atoms with Crippen LogP contribution in [0.25, 0.3) is 0 Å². The summed E-state index contributed by atoms with van der Waals surface area (Å²) < 4.78 is 35.2. The fourth-order valence-electron chi connectivity index (χ4n) is 4.25. The van der Waals surface area contributed by atoms with Gasteiger partial charge in [0.05, 0.1) is 26.4 Å². The fraction of sp³-hybridized carbons (Fsp3) is 1.00. The lowest BCUT2D eigenvalue weighted by Gasteiger charge is -2.29. The quantitative estimate of drug-likeness (QED) is 0.0839. The van der Waals surface area contributed by atoms with Crippen molar-refractivity contribution in [2.75, 3.05) is 53.5 Å². The van der Waals surface area contributed by atoms with Gasteiger partial charge < -0.3 is 18.7 Å². The van der Waals surface area contributed by atoms with Crippen LogP contribution in [0.2, 0.25) is 0 Å². The van der Waals surface area contributed by atoms with Crippen LogP contribution in [-0.4, -0.2) is 53.5 Å². The minimum atomic E-state index is -2.96. The molecule has 0 rings (SSSR count). The SMILES string of the molecule is CCCCCCCCCCCCCCCCNP(=O)(COCC(C)(C)COCC(C)(C)COC)OC. The van der Waals surface area contributed by atoms with E-state index in [9.17, 15) is 4.57 Å². The molecule has 0 radical (unpaired) electrons. The van der Waals surface area contributed by atoms with Gasteiger partial charge in [-0.05, 0) is 6.42 Å². The zero-order chi connectivity index (χ0) is 27.2. The summed E-state index contributed by atoms with van der Waals surface area (Å²) in [6, 6.07) is 0. The molecule has 0 amide bonds. The van der Waals surface area contributed by atoms with E-state index in [4.69, 9.17) is 18.7 Å². The smallest absolute Gasteiger partial charge is 0.294 e. The van der Waals surface area contributed by atoms with Crippen LogP contribution in [0.15, 0.2) is 0 Å². The monoisotopic (exact) mass is 535 g/mol. The lowest BCUT2D eigenvalue weighted by Crippen LogP contribution is -2.31. The van der Waals surface area contributed by atoms with E-state index in [0.29, 0.717) is 33.0 Å². The largest absolute Gasteiger partial charge is 0.384 e. The van der Waals surface area contributed by atoms with E-state index in [1.165, 1.54) is 90.6 Å². The van der Waals surface area contributed by atoms with Gasteiger partial charge in [-0.1, -0.05) is 118 Å². The maximum Gasteiger partial charge on any atom is 0.294 e. The van der Waals surface area contributed by atoms with E-state index in [1.54, 1.807) is 7.11 Å². The molecule has 7 heteroatoms. The van der Waals surface area contributed by atoms with Crippen molar-refractivity contribution in [1.29, 1.82) is 0 Å². The molecule has 0 saturated heterocycles. The van der Waals surface area contributed by atoms with Crippen molar-refractivity contribution < 1.29 is 23.3 Å². The van der Waals surface area contributed by atoms with Crippen LogP contribution < -0.4 is 5.09 Å². The summed E-state index contributed by atoms with van der Waals surface area (Å²) in [6.07, 6.45) is 18.7. The summed E-state index contributed by atoms with van der Waals surface area (Å²) in [4.78, 5) is 0. The third-order valence-corrected chi connectivity index (χ3v) is 8.27. The van der Waals surface area contributed by atoms with Gasteiger partial charge >= 0.3 is 0 Å². The summed E-state index contributed by atoms with van der Waals surface area (Å²) in [5.41, 5.74) is -0.190. The first-order chi connectivity index (χ1) is 17.1. The van der Waals surface area contributed by atoms with Gasteiger partial charge in [-0.3, -0.25) is 4.57 Å². The van der Waals surface area contributed by atoms with E-state index in [2.05, 4.69) is 39.7 Å². The molecule has 1 atom stereocenters. The predicted molar refractivity (Wildman–Crippen MR) is 154 cm³/mol. The van der Waals surface area contributed by atoms with Gasteiger partial charge in [0.2, 0.25) is 0 Å². The summed E-state index contributed by atoms with van der Waals surface area (Å²) >= 11 is 0. The molecule has 0 spiro atoms. The van der Waals surface area contributed by atoms with Crippen molar-refractivity contribution in [3.63, 3.8) is 0 Å². The number of hydrogen-bond donors (Lipinski definition) is 1. The van der Waals surface area contributed by atoms with Crippen molar-refractivity contribution in [2.45, 2.75) is 125 Å². The predicted octanol–water partition coefficient (Wildman–Crippen LogP) is 8.59. The van der Waals surface area contributed by atoms with Crippen LogP contribution >= 0.6 is 7.52 Å². The molecular weight excluding hydrogens is 473 g/mol. The molecular formula is C29H62NO5P. The van der Waals surface area contributed by atoms with Crippen molar-refractivity contribution in [3.8, 4) is 0 Å². The molecule has 6 nitrogen and oxygen atoms in total. The van der Waals surface area contributed by atoms with Gasteiger partial charge in [0.25, 0.3) is 7.52 Å². The molecule has 0 aromatic heterocycles. The Morgan fingerprint density at radius 1 is 0.611 bits per heavy atom. The minimum absolute atomic E-state index is 0.0192. The Labute approximate surface area is 224 Å². The van der Waals surface area contributed by atoms with E-state index in [1.807, 2.05) is 0 Å². The van der Waals surface area contributed by atoms with Crippen LogP contribution in [0.4, 0.5) is 0 Å². The summed E-state index contributed by atoms with van der Waals surface area (Å²) in [5.74, 6) is 0. The second-order valence-corrected chi connectivity index (χ2v) is 14.4. The van der Waals surface area contributed by atoms with Gasteiger partial charge in [0, 0.05) is 31.6 Å². The molecule has 0 bridgehead atoms. The molecule has 0 aliphatic carbocycles. The molecule has 0 aromatic carbocycles. The molecule has 0 saturated carbocycles. The number of nitrogens with one attached hydrogen (secondary N) is 1. The van der Waals surface area contributed by atoms with Crippen molar-refractivity contribution in [2.24, 2.45) is 10.8 Å². The molecule has 1 N–H and O–H groups in total. The number of methoxy groups -OCH3 is 1. The highest BCUT2D eigenvalue weighted by molar-refractivity contribution is 7.56. The van der Waals surface area contributed by atoms with Crippen LogP contribution in [0.1, 0.15) is 125 Å². The summed E-state index contributed by atoms with van der Waals surface area (Å²) in [7, 11) is 0.240. The average Bonchev–Trinajstić information content (AvgIpc) is 2.81. The molecule has 0 aromatic rings. The van der Waals surface area contributed by atoms with Crippen molar-refractivity contribution in [3.05, 3.63) is 0 Å². The van der Waals surface area contributed by atoms with Crippen molar-refractivity contribution in [1.82, 2.24) is 5.09 Å². The molecule has 0 fully saturated rings. The molecule has 0 heterocycles. The van der Waals surface area contributed by atoms with Crippen LogP contribution in [-0.2, 0) is 23.3 Å². The highest BCUT2D eigenvalue weighted by atomic mass is 31.2. The second-order valence-electron chi connectivity index (χ2n) is 12.1. The van der Waals surface area contributed by atoms with Gasteiger partial charge in [-0.25, -0.2) is 5.09 Å². The highest BCUT2D eigenvalue weighted by Crippen LogP contribution is 2.41. The molecule has 36 heavy (non-hydrogen) atoms. The number of ether oxygens (including phenoxy) is 3. The molecule has 0 aliphatic rings. The van der Waals surface area contributed by atoms with Gasteiger partial charge in [0.15, 0.2) is 0 Å². The van der Waals surface area contributed by atoms with Gasteiger partial charge in [-0.15, -0.1) is 0 Å². The van der Waals surface area contributed by atoms with Crippen molar-refractivity contribution >= 4 is 7.52 Å². The van der Waals surface area contributed by atoms with E-state index in [-0.39, 0.29) is 17.2 Å². The van der Waals surface area contributed by atoms with E-state index < -0.39 is 7.52 Å². The normalized spacial score (nSPS) is 14.3. The lowest BCUT2D eigenvalue weighted by molar-refractivity contribution is -0.0359. The Morgan fingerprint density at radius 2 is 1.03 bits per heavy atom. The molecule has 0 aliphatic heterocycles. The molecule has 1 unspecified atom stereocenters. The zero-order valence-electron chi connectivity index (χ0n) is 25.1. The van der Waals surface area contributed by atoms with Crippen LogP contribution in [0.3, 0.4) is 0 Å². The fourth-order valence-corrected chi connectivity index (χ4v) is 5.41. The lowest BCUT2D eigenvalue weighted by atomic mass is 9.94. The minimum Gasteiger partial charge on any atom is -0.384 e. The Balaban J connectivity index is 3.79. The summed E-state index contributed by atoms with van der Waals surface area (Å²) in [5, 5.41) is 3.12. The third-order valence-electron chi connectivity index (χ3n) is 6.45. The average molecular weight is 536 g/mol. The van der Waals surface area contributed by atoms with Gasteiger partial charge in [-0.2, -0.15) is 0 Å². The van der Waals surface area contributed by atoms with Crippen LogP contribution in [0.5, 0.6) is 0 Å². The van der Waals surface area contributed by atoms with Gasteiger partial charge in [0.1, 0.15) is 6.35 Å².